The van der Waals surface area contributed by atoms with Crippen LogP contribution in [0.5, 0.6) is 0 Å². The van der Waals surface area contributed by atoms with Gasteiger partial charge < -0.3 is 20.5 Å². The summed E-state index contributed by atoms with van der Waals surface area (Å²) in [5.74, 6) is -0.975. The molecule has 0 aliphatic heterocycles. The lowest BCUT2D eigenvalue weighted by atomic mass is 9.98. The highest BCUT2D eigenvalue weighted by Crippen LogP contribution is 2.44. The van der Waals surface area contributed by atoms with Gasteiger partial charge in [0.1, 0.15) is 6.61 Å². The van der Waals surface area contributed by atoms with Gasteiger partial charge in [-0.3, -0.25) is 9.59 Å². The third kappa shape index (κ3) is 7.84. The fraction of sp³-hybridized carbons (Fsp3) is 0.464. The van der Waals surface area contributed by atoms with Crippen LogP contribution in [0.15, 0.2) is 48.5 Å². The Balaban J connectivity index is 1.32. The van der Waals surface area contributed by atoms with Crippen molar-refractivity contribution in [2.75, 3.05) is 13.2 Å². The Morgan fingerprint density at radius 3 is 2.23 bits per heavy atom. The van der Waals surface area contributed by atoms with E-state index in [2.05, 4.69) is 34.9 Å². The van der Waals surface area contributed by atoms with Crippen molar-refractivity contribution in [3.05, 3.63) is 59.7 Å². The number of carbonyl (C=O) groups is 3. The molecule has 3 rings (SSSR count). The summed E-state index contributed by atoms with van der Waals surface area (Å²) >= 11 is 0. The molecule has 7 heteroatoms. The molecule has 7 nitrogen and oxygen atoms in total. The molecule has 0 spiro atoms. The first-order valence-corrected chi connectivity index (χ1v) is 12.6. The average molecular weight is 481 g/mol. The molecule has 1 atom stereocenters. The lowest BCUT2D eigenvalue weighted by Crippen LogP contribution is -2.36. The van der Waals surface area contributed by atoms with Gasteiger partial charge in [0, 0.05) is 24.9 Å². The number of fused-ring (bicyclic) bond motifs is 3. The third-order valence-corrected chi connectivity index (χ3v) is 6.39. The summed E-state index contributed by atoms with van der Waals surface area (Å²) < 4.78 is 5.53. The van der Waals surface area contributed by atoms with E-state index in [0.717, 1.165) is 25.7 Å². The van der Waals surface area contributed by atoms with Crippen molar-refractivity contribution in [2.24, 2.45) is 0 Å². The Kier molecular flexibility index (Phi) is 10.1. The van der Waals surface area contributed by atoms with Gasteiger partial charge in [-0.1, -0.05) is 74.7 Å². The highest BCUT2D eigenvalue weighted by molar-refractivity contribution is 5.79. The van der Waals surface area contributed by atoms with E-state index >= 15 is 0 Å². The number of nitrogens with one attached hydrogen (secondary N) is 2. The van der Waals surface area contributed by atoms with E-state index in [0.29, 0.717) is 25.8 Å². The van der Waals surface area contributed by atoms with Gasteiger partial charge in [0.15, 0.2) is 0 Å². The molecule has 35 heavy (non-hydrogen) atoms. The maximum Gasteiger partial charge on any atom is 0.407 e. The first kappa shape index (κ1) is 26.3. The molecular formula is C28H36N2O5. The van der Waals surface area contributed by atoms with Crippen molar-refractivity contribution in [3.8, 4) is 11.1 Å². The maximum absolute atomic E-state index is 12.2. The summed E-state index contributed by atoms with van der Waals surface area (Å²) in [6.07, 6.45) is 4.62. The predicted octanol–water partition coefficient (Wildman–Crippen LogP) is 5.24. The zero-order valence-electron chi connectivity index (χ0n) is 20.4. The molecule has 0 bridgehead atoms. The lowest BCUT2D eigenvalue weighted by molar-refractivity contribution is -0.137. The molecule has 0 unspecified atom stereocenters. The van der Waals surface area contributed by atoms with Crippen molar-refractivity contribution in [1.82, 2.24) is 10.6 Å². The first-order chi connectivity index (χ1) is 17.0. The van der Waals surface area contributed by atoms with Gasteiger partial charge in [0.25, 0.3) is 0 Å². The van der Waals surface area contributed by atoms with Gasteiger partial charge in [-0.2, -0.15) is 0 Å². The quantitative estimate of drug-likeness (QED) is 0.321. The van der Waals surface area contributed by atoms with Crippen molar-refractivity contribution < 1.29 is 24.2 Å². The van der Waals surface area contributed by atoms with Gasteiger partial charge in [-0.25, -0.2) is 4.79 Å². The molecule has 0 saturated heterocycles. The first-order valence-electron chi connectivity index (χ1n) is 12.6. The van der Waals surface area contributed by atoms with Crippen LogP contribution < -0.4 is 10.6 Å². The molecule has 0 saturated carbocycles. The van der Waals surface area contributed by atoms with Gasteiger partial charge in [0.2, 0.25) is 5.91 Å². The molecular weight excluding hydrogens is 444 g/mol. The minimum absolute atomic E-state index is 0.0361. The summed E-state index contributed by atoms with van der Waals surface area (Å²) in [5, 5.41) is 14.6. The predicted molar refractivity (Wildman–Crippen MR) is 135 cm³/mol. The zero-order chi connectivity index (χ0) is 25.0. The van der Waals surface area contributed by atoms with Gasteiger partial charge in [-0.05, 0) is 41.5 Å². The third-order valence-electron chi connectivity index (χ3n) is 6.39. The number of carbonyl (C=O) groups excluding carboxylic acids is 2. The number of hydrogen-bond acceptors (Lipinski definition) is 4. The van der Waals surface area contributed by atoms with Gasteiger partial charge >= 0.3 is 12.1 Å². The molecule has 188 valence electrons. The van der Waals surface area contributed by atoms with E-state index in [4.69, 9.17) is 9.84 Å². The number of rotatable bonds is 14. The van der Waals surface area contributed by atoms with E-state index in [1.54, 1.807) is 0 Å². The van der Waals surface area contributed by atoms with Crippen LogP contribution in [0.3, 0.4) is 0 Å². The van der Waals surface area contributed by atoms with Crippen LogP contribution in [0.4, 0.5) is 4.79 Å². The van der Waals surface area contributed by atoms with Crippen LogP contribution in [-0.4, -0.2) is 42.3 Å². The number of amides is 2. The average Bonchev–Trinajstić information content (AvgIpc) is 3.16. The van der Waals surface area contributed by atoms with E-state index < -0.39 is 12.1 Å². The molecule has 2 amide bonds. The van der Waals surface area contributed by atoms with Crippen LogP contribution in [0.1, 0.15) is 75.3 Å². The molecule has 0 heterocycles. The molecule has 2 aromatic rings. The summed E-state index contributed by atoms with van der Waals surface area (Å²) in [4.78, 5) is 35.3. The van der Waals surface area contributed by atoms with E-state index in [-0.39, 0.29) is 30.9 Å². The number of carboxylic acid groups (broad SMARTS) is 1. The fourth-order valence-corrected chi connectivity index (χ4v) is 4.61. The van der Waals surface area contributed by atoms with Crippen LogP contribution in [0.25, 0.3) is 11.1 Å². The molecule has 0 fully saturated rings. The standard InChI is InChI=1S/C28H36N2O5/c1-2-3-11-20(18-27(32)33)30-26(31)16-5-4-10-17-29-28(34)35-19-25-23-14-8-6-12-21(23)22-13-7-9-15-24(22)25/h6-9,12-15,20,25H,2-5,10-11,16-19H2,1H3,(H,29,34)(H,30,31)(H,32,33)/t20-/m1/s1. The topological polar surface area (TPSA) is 105 Å². The maximum atomic E-state index is 12.2. The normalized spacial score (nSPS) is 12.9. The summed E-state index contributed by atoms with van der Waals surface area (Å²) in [6.45, 7) is 2.81. The number of hydrogen-bond donors (Lipinski definition) is 3. The minimum atomic E-state index is -0.897. The minimum Gasteiger partial charge on any atom is -0.481 e. The fourth-order valence-electron chi connectivity index (χ4n) is 4.61. The largest absolute Gasteiger partial charge is 0.481 e. The van der Waals surface area contributed by atoms with E-state index in [9.17, 15) is 14.4 Å². The summed E-state index contributed by atoms with van der Waals surface area (Å²) in [5.41, 5.74) is 4.75. The summed E-state index contributed by atoms with van der Waals surface area (Å²) in [7, 11) is 0. The number of aliphatic carboxylic acids is 1. The Morgan fingerprint density at radius 2 is 1.60 bits per heavy atom. The second-order valence-electron chi connectivity index (χ2n) is 9.07. The molecule has 2 aromatic carbocycles. The molecule has 0 radical (unpaired) electrons. The van der Waals surface area contributed by atoms with E-state index in [1.807, 2.05) is 31.2 Å². The second kappa shape index (κ2) is 13.5. The number of ether oxygens (including phenoxy) is 1. The lowest BCUT2D eigenvalue weighted by Gasteiger charge is -2.16. The van der Waals surface area contributed by atoms with Crippen LogP contribution >= 0.6 is 0 Å². The smallest absolute Gasteiger partial charge is 0.407 e. The molecule has 3 N–H and O–H groups in total. The highest BCUT2D eigenvalue weighted by atomic mass is 16.5. The molecule has 0 aromatic heterocycles. The van der Waals surface area contributed by atoms with E-state index in [1.165, 1.54) is 22.3 Å². The highest BCUT2D eigenvalue weighted by Gasteiger charge is 2.28. The van der Waals surface area contributed by atoms with Crippen LogP contribution in [0.2, 0.25) is 0 Å². The summed E-state index contributed by atoms with van der Waals surface area (Å²) in [6, 6.07) is 16.1. The van der Waals surface area contributed by atoms with Gasteiger partial charge in [0.05, 0.1) is 6.42 Å². The van der Waals surface area contributed by atoms with Crippen LogP contribution in [-0.2, 0) is 14.3 Å². The Labute approximate surface area is 207 Å². The SMILES string of the molecule is CCCC[C@H](CC(=O)O)NC(=O)CCCCCNC(=O)OCC1c2ccccc2-c2ccccc21. The molecule has 1 aliphatic carbocycles. The van der Waals surface area contributed by atoms with Crippen molar-refractivity contribution in [1.29, 1.82) is 0 Å². The number of unbranched alkanes of at least 4 members (excludes halogenated alkanes) is 3. The Morgan fingerprint density at radius 1 is 0.943 bits per heavy atom. The second-order valence-corrected chi connectivity index (χ2v) is 9.07. The van der Waals surface area contributed by atoms with Crippen molar-refractivity contribution >= 4 is 18.0 Å². The Hall–Kier alpha value is -3.35. The monoisotopic (exact) mass is 480 g/mol. The Bertz CT molecular complexity index is 961. The molecule has 1 aliphatic rings. The number of alkyl carbamates (subject to hydrolysis) is 1. The number of benzene rings is 2. The zero-order valence-corrected chi connectivity index (χ0v) is 20.4. The van der Waals surface area contributed by atoms with Crippen LogP contribution in [0, 0.1) is 0 Å². The number of carboxylic acids is 1. The van der Waals surface area contributed by atoms with Gasteiger partial charge in [-0.15, -0.1) is 0 Å². The van der Waals surface area contributed by atoms with Crippen molar-refractivity contribution in [3.63, 3.8) is 0 Å². The van der Waals surface area contributed by atoms with Crippen molar-refractivity contribution in [2.45, 2.75) is 70.3 Å².